The Morgan fingerprint density at radius 3 is 1.91 bits per heavy atom. The van der Waals surface area contributed by atoms with Crippen molar-refractivity contribution in [3.8, 4) is 22.5 Å². The molecular formula is C26H22Br2N4O. The van der Waals surface area contributed by atoms with Crippen LogP contribution in [0.15, 0.2) is 75.7 Å². The Morgan fingerprint density at radius 2 is 1.33 bits per heavy atom. The van der Waals surface area contributed by atoms with Gasteiger partial charge in [-0.05, 0) is 68.4 Å². The highest BCUT2D eigenvalue weighted by molar-refractivity contribution is 9.10. The van der Waals surface area contributed by atoms with Gasteiger partial charge in [0, 0.05) is 31.7 Å². The first-order valence-corrected chi connectivity index (χ1v) is 12.5. The quantitative estimate of drug-likeness (QED) is 0.320. The van der Waals surface area contributed by atoms with Crippen LogP contribution in [0.3, 0.4) is 0 Å². The standard InChI is InChI=1S/C26H22Br2N4O/c27-19-6-1-16(2-7-19)24-25(17-3-8-20(28)9-4-17)32-23-15-18(5-10-22(23)31-24)26(33)30-21-11-13-29-14-12-21/h1-10,15,21,29H,11-14H2,(H,30,33). The van der Waals surface area contributed by atoms with Crippen LogP contribution in [0.25, 0.3) is 33.5 Å². The number of halogens is 2. The van der Waals surface area contributed by atoms with Crippen molar-refractivity contribution in [2.24, 2.45) is 0 Å². The fourth-order valence-corrected chi connectivity index (χ4v) is 4.58. The van der Waals surface area contributed by atoms with Crippen molar-refractivity contribution in [2.75, 3.05) is 13.1 Å². The number of benzene rings is 3. The number of piperidine rings is 1. The van der Waals surface area contributed by atoms with Gasteiger partial charge in [0.2, 0.25) is 0 Å². The molecule has 4 aromatic rings. The zero-order valence-electron chi connectivity index (χ0n) is 17.8. The van der Waals surface area contributed by atoms with Gasteiger partial charge in [-0.3, -0.25) is 4.79 Å². The van der Waals surface area contributed by atoms with Gasteiger partial charge in [0.25, 0.3) is 5.91 Å². The highest BCUT2D eigenvalue weighted by atomic mass is 79.9. The third kappa shape index (κ3) is 5.00. The van der Waals surface area contributed by atoms with E-state index in [4.69, 9.17) is 9.97 Å². The smallest absolute Gasteiger partial charge is 0.251 e. The predicted octanol–water partition coefficient (Wildman–Crippen LogP) is 5.97. The number of carbonyl (C=O) groups excluding carboxylic acids is 1. The van der Waals surface area contributed by atoms with Gasteiger partial charge in [0.1, 0.15) is 0 Å². The predicted molar refractivity (Wildman–Crippen MR) is 139 cm³/mol. The minimum atomic E-state index is -0.0622. The second-order valence-electron chi connectivity index (χ2n) is 8.14. The molecule has 33 heavy (non-hydrogen) atoms. The first-order chi connectivity index (χ1) is 16.1. The van der Waals surface area contributed by atoms with E-state index in [0.29, 0.717) is 11.1 Å². The molecule has 1 aliphatic heterocycles. The summed E-state index contributed by atoms with van der Waals surface area (Å²) in [5.74, 6) is -0.0622. The summed E-state index contributed by atoms with van der Waals surface area (Å²) in [4.78, 5) is 22.8. The normalized spacial score (nSPS) is 14.4. The van der Waals surface area contributed by atoms with E-state index >= 15 is 0 Å². The van der Waals surface area contributed by atoms with Crippen LogP contribution in [-0.4, -0.2) is 35.0 Å². The van der Waals surface area contributed by atoms with Crippen molar-refractivity contribution in [3.63, 3.8) is 0 Å². The lowest BCUT2D eigenvalue weighted by Gasteiger charge is -2.23. The van der Waals surface area contributed by atoms with Crippen LogP contribution in [0.5, 0.6) is 0 Å². The maximum Gasteiger partial charge on any atom is 0.251 e. The molecule has 5 nitrogen and oxygen atoms in total. The fraction of sp³-hybridized carbons (Fsp3) is 0.192. The summed E-state index contributed by atoms with van der Waals surface area (Å²) in [6, 6.07) is 21.9. The van der Waals surface area contributed by atoms with Crippen molar-refractivity contribution < 1.29 is 4.79 Å². The lowest BCUT2D eigenvalue weighted by atomic mass is 10.0. The van der Waals surface area contributed by atoms with E-state index in [1.807, 2.05) is 66.7 Å². The van der Waals surface area contributed by atoms with Crippen LogP contribution in [-0.2, 0) is 0 Å². The van der Waals surface area contributed by atoms with Crippen LogP contribution in [0, 0.1) is 0 Å². The number of hydrogen-bond acceptors (Lipinski definition) is 4. The Bertz CT molecular complexity index is 1300. The maximum atomic E-state index is 12.9. The van der Waals surface area contributed by atoms with E-state index in [1.54, 1.807) is 0 Å². The summed E-state index contributed by atoms with van der Waals surface area (Å²) >= 11 is 7.01. The van der Waals surface area contributed by atoms with Crippen molar-refractivity contribution in [2.45, 2.75) is 18.9 Å². The molecular weight excluding hydrogens is 544 g/mol. The van der Waals surface area contributed by atoms with Crippen molar-refractivity contribution >= 4 is 48.8 Å². The van der Waals surface area contributed by atoms with Crippen LogP contribution in [0.1, 0.15) is 23.2 Å². The average molecular weight is 566 g/mol. The molecule has 0 radical (unpaired) electrons. The van der Waals surface area contributed by atoms with Crippen LogP contribution in [0.2, 0.25) is 0 Å². The summed E-state index contributed by atoms with van der Waals surface area (Å²) in [5.41, 5.74) is 5.61. The second kappa shape index (κ2) is 9.71. The number of carbonyl (C=O) groups is 1. The Balaban J connectivity index is 1.57. The van der Waals surface area contributed by atoms with E-state index in [9.17, 15) is 4.79 Å². The zero-order valence-corrected chi connectivity index (χ0v) is 21.0. The zero-order chi connectivity index (χ0) is 22.8. The highest BCUT2D eigenvalue weighted by Gasteiger charge is 2.18. The number of nitrogens with one attached hydrogen (secondary N) is 2. The monoisotopic (exact) mass is 564 g/mol. The molecule has 1 amide bonds. The Kier molecular flexibility index (Phi) is 6.53. The molecule has 3 aromatic carbocycles. The summed E-state index contributed by atoms with van der Waals surface area (Å²) in [7, 11) is 0. The van der Waals surface area contributed by atoms with E-state index in [2.05, 4.69) is 42.5 Å². The van der Waals surface area contributed by atoms with Crippen molar-refractivity contribution in [3.05, 3.63) is 81.2 Å². The molecule has 0 aliphatic carbocycles. The minimum Gasteiger partial charge on any atom is -0.349 e. The summed E-state index contributed by atoms with van der Waals surface area (Å²) in [5, 5.41) is 6.48. The van der Waals surface area contributed by atoms with Crippen LogP contribution >= 0.6 is 31.9 Å². The molecule has 2 heterocycles. The van der Waals surface area contributed by atoms with Crippen molar-refractivity contribution in [1.29, 1.82) is 0 Å². The number of nitrogens with zero attached hydrogens (tertiary/aromatic N) is 2. The number of rotatable bonds is 4. The molecule has 0 atom stereocenters. The Morgan fingerprint density at radius 1 is 0.788 bits per heavy atom. The second-order valence-corrected chi connectivity index (χ2v) is 9.97. The van der Waals surface area contributed by atoms with Gasteiger partial charge in [-0.1, -0.05) is 56.1 Å². The Hall–Kier alpha value is -2.61. The molecule has 0 unspecified atom stereocenters. The molecule has 0 bridgehead atoms. The van der Waals surface area contributed by atoms with Gasteiger partial charge < -0.3 is 10.6 Å². The minimum absolute atomic E-state index is 0.0622. The van der Waals surface area contributed by atoms with Crippen molar-refractivity contribution in [1.82, 2.24) is 20.6 Å². The summed E-state index contributed by atoms with van der Waals surface area (Å²) in [6.07, 6.45) is 1.90. The van der Waals surface area contributed by atoms with Crippen LogP contribution < -0.4 is 10.6 Å². The molecule has 7 heteroatoms. The highest BCUT2D eigenvalue weighted by Crippen LogP contribution is 2.32. The molecule has 1 fully saturated rings. The average Bonchev–Trinajstić information content (AvgIpc) is 2.84. The number of fused-ring (bicyclic) bond motifs is 1. The topological polar surface area (TPSA) is 66.9 Å². The van der Waals surface area contributed by atoms with E-state index in [1.165, 1.54) is 0 Å². The fourth-order valence-electron chi connectivity index (χ4n) is 4.05. The molecule has 5 rings (SSSR count). The number of hydrogen-bond donors (Lipinski definition) is 2. The molecule has 166 valence electrons. The largest absolute Gasteiger partial charge is 0.349 e. The first kappa shape index (κ1) is 22.2. The Labute approximate surface area is 209 Å². The first-order valence-electron chi connectivity index (χ1n) is 10.9. The molecule has 0 spiro atoms. The third-order valence-electron chi connectivity index (χ3n) is 5.84. The maximum absolute atomic E-state index is 12.9. The molecule has 1 aromatic heterocycles. The summed E-state index contributed by atoms with van der Waals surface area (Å²) < 4.78 is 2.01. The third-order valence-corrected chi connectivity index (χ3v) is 6.89. The van der Waals surface area contributed by atoms with Crippen LogP contribution in [0.4, 0.5) is 0 Å². The summed E-state index contributed by atoms with van der Waals surface area (Å²) in [6.45, 7) is 1.87. The number of amides is 1. The van der Waals surface area contributed by atoms with Gasteiger partial charge in [-0.2, -0.15) is 0 Å². The van der Waals surface area contributed by atoms with Gasteiger partial charge in [0.05, 0.1) is 22.4 Å². The molecule has 2 N–H and O–H groups in total. The van der Waals surface area contributed by atoms with Gasteiger partial charge in [-0.15, -0.1) is 0 Å². The van der Waals surface area contributed by atoms with Gasteiger partial charge >= 0.3 is 0 Å². The molecule has 0 saturated carbocycles. The lowest BCUT2D eigenvalue weighted by molar-refractivity contribution is 0.0929. The lowest BCUT2D eigenvalue weighted by Crippen LogP contribution is -2.42. The number of aromatic nitrogens is 2. The van der Waals surface area contributed by atoms with E-state index < -0.39 is 0 Å². The van der Waals surface area contributed by atoms with Gasteiger partial charge in [-0.25, -0.2) is 9.97 Å². The van der Waals surface area contributed by atoms with E-state index in [-0.39, 0.29) is 11.9 Å². The SMILES string of the molecule is O=C(NC1CCNCC1)c1ccc2nc(-c3ccc(Br)cc3)c(-c3ccc(Br)cc3)nc2c1. The van der Waals surface area contributed by atoms with E-state index in [0.717, 1.165) is 62.9 Å². The molecule has 1 aliphatic rings. The van der Waals surface area contributed by atoms with Gasteiger partial charge in [0.15, 0.2) is 0 Å². The molecule has 1 saturated heterocycles.